The van der Waals surface area contributed by atoms with Crippen LogP contribution in [0.2, 0.25) is 0 Å². The average molecular weight is 328 g/mol. The Morgan fingerprint density at radius 2 is 2.08 bits per heavy atom. The van der Waals surface area contributed by atoms with E-state index >= 15 is 0 Å². The number of rotatable bonds is 3. The maximum absolute atomic E-state index is 12.7. The van der Waals surface area contributed by atoms with E-state index in [9.17, 15) is 4.79 Å². The minimum Gasteiger partial charge on any atom is -0.335 e. The van der Waals surface area contributed by atoms with E-state index in [1.165, 1.54) is 12.8 Å². The molecule has 0 radical (unpaired) electrons. The number of hydrogen-bond donors (Lipinski definition) is 1. The van der Waals surface area contributed by atoms with Crippen LogP contribution in [-0.4, -0.2) is 42.8 Å². The highest BCUT2D eigenvalue weighted by atomic mass is 16.2. The molecular formula is C17H24N6O. The van der Waals surface area contributed by atoms with Crippen LogP contribution in [0, 0.1) is 5.92 Å². The Kier molecular flexibility index (Phi) is 4.23. The molecule has 0 bridgehead atoms. The van der Waals surface area contributed by atoms with E-state index in [-0.39, 0.29) is 6.03 Å². The van der Waals surface area contributed by atoms with Gasteiger partial charge in [-0.2, -0.15) is 5.10 Å². The number of carbonyl (C=O) groups excluding carboxylic acids is 1. The molecule has 0 aromatic carbocycles. The van der Waals surface area contributed by atoms with E-state index in [4.69, 9.17) is 0 Å². The smallest absolute Gasteiger partial charge is 0.318 e. The fourth-order valence-corrected chi connectivity index (χ4v) is 3.82. The van der Waals surface area contributed by atoms with Gasteiger partial charge in [-0.1, -0.05) is 12.8 Å². The van der Waals surface area contributed by atoms with Gasteiger partial charge in [-0.15, -0.1) is 0 Å². The molecule has 1 N–H and O–H groups in total. The van der Waals surface area contributed by atoms with Crippen molar-refractivity contribution in [3.8, 4) is 0 Å². The van der Waals surface area contributed by atoms with Gasteiger partial charge in [0.15, 0.2) is 0 Å². The summed E-state index contributed by atoms with van der Waals surface area (Å²) in [5.41, 5.74) is 0. The highest BCUT2D eigenvalue weighted by molar-refractivity contribution is 5.74. The van der Waals surface area contributed by atoms with Gasteiger partial charge in [-0.05, 0) is 18.9 Å². The van der Waals surface area contributed by atoms with E-state index < -0.39 is 0 Å². The lowest BCUT2D eigenvalue weighted by molar-refractivity contribution is 0.178. The first-order valence-electron chi connectivity index (χ1n) is 8.81. The molecule has 24 heavy (non-hydrogen) atoms. The van der Waals surface area contributed by atoms with Crippen molar-refractivity contribution in [1.29, 1.82) is 0 Å². The van der Waals surface area contributed by atoms with Gasteiger partial charge in [-0.25, -0.2) is 9.78 Å². The summed E-state index contributed by atoms with van der Waals surface area (Å²) in [6, 6.07) is 2.32. The van der Waals surface area contributed by atoms with Gasteiger partial charge in [0.25, 0.3) is 0 Å². The number of amides is 2. The van der Waals surface area contributed by atoms with Crippen LogP contribution in [0.1, 0.15) is 31.5 Å². The van der Waals surface area contributed by atoms with Crippen molar-refractivity contribution in [1.82, 2.24) is 29.5 Å². The molecular weight excluding hydrogens is 304 g/mol. The number of imidazole rings is 1. The van der Waals surface area contributed by atoms with E-state index in [1.54, 1.807) is 6.20 Å². The number of nitrogens with one attached hydrogen (secondary N) is 1. The zero-order chi connectivity index (χ0) is 16.4. The standard InChI is InChI=1S/C17H24N6O/c24-17(20-15-4-1-2-5-15)22-11-14(12-23-8-3-6-19-23)10-21-9-7-18-16(21)13-22/h3,6-9,14-15H,1-2,4-5,10-13H2,(H,20,24). The van der Waals surface area contributed by atoms with Gasteiger partial charge >= 0.3 is 6.03 Å². The number of aromatic nitrogens is 4. The van der Waals surface area contributed by atoms with Gasteiger partial charge in [0.1, 0.15) is 5.82 Å². The summed E-state index contributed by atoms with van der Waals surface area (Å²) in [4.78, 5) is 19.1. The molecule has 0 spiro atoms. The summed E-state index contributed by atoms with van der Waals surface area (Å²) in [6.07, 6.45) is 12.2. The molecule has 7 heteroatoms. The Morgan fingerprint density at radius 1 is 1.21 bits per heavy atom. The normalized spacial score (nSPS) is 21.5. The number of fused-ring (bicyclic) bond motifs is 1. The third kappa shape index (κ3) is 3.29. The Balaban J connectivity index is 1.49. The molecule has 3 heterocycles. The lowest BCUT2D eigenvalue weighted by Gasteiger charge is -2.26. The van der Waals surface area contributed by atoms with Gasteiger partial charge in [0.2, 0.25) is 0 Å². The molecule has 0 saturated heterocycles. The van der Waals surface area contributed by atoms with Crippen molar-refractivity contribution in [3.05, 3.63) is 36.7 Å². The van der Waals surface area contributed by atoms with Crippen LogP contribution >= 0.6 is 0 Å². The number of urea groups is 1. The molecule has 2 aromatic rings. The molecule has 1 atom stereocenters. The number of nitrogens with zero attached hydrogens (tertiary/aromatic N) is 5. The van der Waals surface area contributed by atoms with Crippen molar-refractivity contribution in [2.24, 2.45) is 5.92 Å². The monoisotopic (exact) mass is 328 g/mol. The summed E-state index contributed by atoms with van der Waals surface area (Å²) in [6.45, 7) is 2.96. The second-order valence-corrected chi connectivity index (χ2v) is 6.90. The fraction of sp³-hybridized carbons (Fsp3) is 0.588. The maximum Gasteiger partial charge on any atom is 0.318 e. The average Bonchev–Trinajstić information content (AvgIpc) is 3.30. The van der Waals surface area contributed by atoms with Crippen LogP contribution < -0.4 is 5.32 Å². The van der Waals surface area contributed by atoms with Gasteiger partial charge in [0, 0.05) is 56.4 Å². The number of carbonyl (C=O) groups is 1. The Hall–Kier alpha value is -2.31. The first-order chi connectivity index (χ1) is 11.8. The molecule has 2 aliphatic rings. The van der Waals surface area contributed by atoms with Crippen LogP contribution in [0.3, 0.4) is 0 Å². The molecule has 1 aliphatic heterocycles. The molecule has 7 nitrogen and oxygen atoms in total. The maximum atomic E-state index is 12.7. The molecule has 1 unspecified atom stereocenters. The zero-order valence-electron chi connectivity index (χ0n) is 13.8. The van der Waals surface area contributed by atoms with Crippen molar-refractivity contribution in [2.75, 3.05) is 6.54 Å². The SMILES string of the molecule is O=C(NC1CCCC1)N1Cc2nccn2CC(Cn2cccn2)C1. The second kappa shape index (κ2) is 6.67. The lowest BCUT2D eigenvalue weighted by Crippen LogP contribution is -2.45. The summed E-state index contributed by atoms with van der Waals surface area (Å²) in [5, 5.41) is 7.52. The minimum absolute atomic E-state index is 0.0452. The third-order valence-electron chi connectivity index (χ3n) is 5.04. The highest BCUT2D eigenvalue weighted by Gasteiger charge is 2.27. The first-order valence-corrected chi connectivity index (χ1v) is 8.81. The van der Waals surface area contributed by atoms with E-state index in [1.807, 2.05) is 34.2 Å². The van der Waals surface area contributed by atoms with Crippen molar-refractivity contribution in [3.63, 3.8) is 0 Å². The van der Waals surface area contributed by atoms with Crippen molar-refractivity contribution in [2.45, 2.75) is 51.4 Å². The topological polar surface area (TPSA) is 68.0 Å². The second-order valence-electron chi connectivity index (χ2n) is 6.90. The van der Waals surface area contributed by atoms with Crippen LogP contribution in [0.4, 0.5) is 4.79 Å². The molecule has 128 valence electrons. The van der Waals surface area contributed by atoms with E-state index in [2.05, 4.69) is 20.0 Å². The van der Waals surface area contributed by atoms with Crippen LogP contribution in [0.25, 0.3) is 0 Å². The molecule has 1 fully saturated rings. The largest absolute Gasteiger partial charge is 0.335 e. The summed E-state index contributed by atoms with van der Waals surface area (Å²) in [5.74, 6) is 1.27. The van der Waals surface area contributed by atoms with Crippen LogP contribution in [-0.2, 0) is 19.6 Å². The summed E-state index contributed by atoms with van der Waals surface area (Å²) in [7, 11) is 0. The molecule has 2 amide bonds. The molecule has 1 aliphatic carbocycles. The van der Waals surface area contributed by atoms with Crippen molar-refractivity contribution < 1.29 is 4.79 Å². The Labute approximate surface area is 141 Å². The lowest BCUT2D eigenvalue weighted by atomic mass is 10.1. The minimum atomic E-state index is 0.0452. The Bertz CT molecular complexity index is 673. The van der Waals surface area contributed by atoms with Gasteiger partial charge in [0.05, 0.1) is 6.54 Å². The predicted molar refractivity (Wildman–Crippen MR) is 89.1 cm³/mol. The molecule has 2 aromatic heterocycles. The van der Waals surface area contributed by atoms with Crippen molar-refractivity contribution >= 4 is 6.03 Å². The van der Waals surface area contributed by atoms with Crippen LogP contribution in [0.15, 0.2) is 30.9 Å². The quantitative estimate of drug-likeness (QED) is 0.935. The number of hydrogen-bond acceptors (Lipinski definition) is 3. The van der Waals surface area contributed by atoms with E-state index in [0.717, 1.165) is 38.3 Å². The summed E-state index contributed by atoms with van der Waals surface area (Å²) >= 11 is 0. The third-order valence-corrected chi connectivity index (χ3v) is 5.04. The van der Waals surface area contributed by atoms with Gasteiger partial charge < -0.3 is 14.8 Å². The van der Waals surface area contributed by atoms with E-state index in [0.29, 0.717) is 18.5 Å². The highest BCUT2D eigenvalue weighted by Crippen LogP contribution is 2.20. The fourth-order valence-electron chi connectivity index (χ4n) is 3.82. The Morgan fingerprint density at radius 3 is 2.88 bits per heavy atom. The summed E-state index contributed by atoms with van der Waals surface area (Å²) < 4.78 is 4.11. The van der Waals surface area contributed by atoms with Gasteiger partial charge in [-0.3, -0.25) is 4.68 Å². The predicted octanol–water partition coefficient (Wildman–Crippen LogP) is 1.86. The zero-order valence-corrected chi connectivity index (χ0v) is 13.8. The molecule has 1 saturated carbocycles. The van der Waals surface area contributed by atoms with Crippen LogP contribution in [0.5, 0.6) is 0 Å². The molecule has 4 rings (SSSR count). The first kappa shape index (κ1) is 15.2.